The molecule has 8 aromatic carbocycles. The standard InChI is InChI=1S/C46H33N/c1-3-15-34(16-4-1)38-21-13-23-41(32-38)44-26-10-12-28-46(44)47(45-27-11-9-25-43(45)36-18-5-2-6-19-36)42-24-14-22-39(33-42)40-30-29-35-17-7-8-20-37(35)31-40/h1-33H. The Hall–Kier alpha value is -6.18. The smallest absolute Gasteiger partial charge is 0.0540 e. The molecule has 0 fully saturated rings. The fraction of sp³-hybridized carbons (Fsp3) is 0. The first kappa shape index (κ1) is 28.3. The highest BCUT2D eigenvalue weighted by Gasteiger charge is 2.21. The summed E-state index contributed by atoms with van der Waals surface area (Å²) in [6.45, 7) is 0. The molecule has 0 atom stereocenters. The normalized spacial score (nSPS) is 11.0. The number of hydrogen-bond acceptors (Lipinski definition) is 1. The lowest BCUT2D eigenvalue weighted by Crippen LogP contribution is -2.12. The molecule has 0 radical (unpaired) electrons. The Balaban J connectivity index is 1.33. The van der Waals surface area contributed by atoms with E-state index in [0.717, 1.165) is 17.1 Å². The minimum absolute atomic E-state index is 1.10. The van der Waals surface area contributed by atoms with Crippen LogP contribution in [0.2, 0.25) is 0 Å². The van der Waals surface area contributed by atoms with Crippen molar-refractivity contribution in [2.75, 3.05) is 4.90 Å². The van der Waals surface area contributed by atoms with E-state index < -0.39 is 0 Å². The highest BCUT2D eigenvalue weighted by Crippen LogP contribution is 2.45. The molecule has 0 amide bonds. The zero-order valence-electron chi connectivity index (χ0n) is 26.0. The van der Waals surface area contributed by atoms with Gasteiger partial charge in [-0.05, 0) is 80.6 Å². The second-order valence-electron chi connectivity index (χ2n) is 11.8. The van der Waals surface area contributed by atoms with Gasteiger partial charge in [0.15, 0.2) is 0 Å². The first-order chi connectivity index (χ1) is 23.3. The summed E-state index contributed by atoms with van der Waals surface area (Å²) in [5, 5.41) is 2.49. The van der Waals surface area contributed by atoms with E-state index in [2.05, 4.69) is 205 Å². The van der Waals surface area contributed by atoms with Crippen LogP contribution in [0.1, 0.15) is 0 Å². The molecule has 0 unspecified atom stereocenters. The van der Waals surface area contributed by atoms with Gasteiger partial charge in [0.25, 0.3) is 0 Å². The maximum absolute atomic E-state index is 2.43. The van der Waals surface area contributed by atoms with Crippen LogP contribution < -0.4 is 4.90 Å². The monoisotopic (exact) mass is 599 g/mol. The van der Waals surface area contributed by atoms with Gasteiger partial charge in [-0.25, -0.2) is 0 Å². The lowest BCUT2D eigenvalue weighted by molar-refractivity contribution is 1.28. The fourth-order valence-corrected chi connectivity index (χ4v) is 6.54. The largest absolute Gasteiger partial charge is 0.309 e. The summed E-state index contributed by atoms with van der Waals surface area (Å²) in [6, 6.07) is 71.9. The Morgan fingerprint density at radius 3 is 1.47 bits per heavy atom. The van der Waals surface area contributed by atoms with Crippen LogP contribution in [0, 0.1) is 0 Å². The van der Waals surface area contributed by atoms with Gasteiger partial charge in [0, 0.05) is 16.8 Å². The van der Waals surface area contributed by atoms with Gasteiger partial charge in [0.05, 0.1) is 11.4 Å². The van der Waals surface area contributed by atoms with Crippen LogP contribution >= 0.6 is 0 Å². The topological polar surface area (TPSA) is 3.24 Å². The number of rotatable bonds is 7. The average molecular weight is 600 g/mol. The zero-order chi connectivity index (χ0) is 31.4. The molecule has 0 aliphatic heterocycles. The number of hydrogen-bond donors (Lipinski definition) is 0. The number of anilines is 3. The van der Waals surface area contributed by atoms with Crippen molar-refractivity contribution in [3.8, 4) is 44.5 Å². The molecule has 0 spiro atoms. The van der Waals surface area contributed by atoms with Gasteiger partial charge in [-0.2, -0.15) is 0 Å². The molecule has 47 heavy (non-hydrogen) atoms. The maximum atomic E-state index is 2.43. The van der Waals surface area contributed by atoms with Crippen LogP contribution in [0.5, 0.6) is 0 Å². The Morgan fingerprint density at radius 1 is 0.255 bits per heavy atom. The molecule has 8 aromatic rings. The van der Waals surface area contributed by atoms with Crippen molar-refractivity contribution in [2.45, 2.75) is 0 Å². The predicted octanol–water partition coefficient (Wildman–Crippen LogP) is 13.0. The SMILES string of the molecule is c1ccc(-c2cccc(-c3ccccc3N(c3cccc(-c4ccc5ccccc5c4)c3)c3ccccc3-c3ccccc3)c2)cc1. The van der Waals surface area contributed by atoms with E-state index in [1.165, 1.54) is 55.3 Å². The molecule has 0 aromatic heterocycles. The molecule has 0 N–H and O–H groups in total. The number of nitrogens with zero attached hydrogens (tertiary/aromatic N) is 1. The summed E-state index contributed by atoms with van der Waals surface area (Å²) in [5.74, 6) is 0. The maximum Gasteiger partial charge on any atom is 0.0540 e. The summed E-state index contributed by atoms with van der Waals surface area (Å²) < 4.78 is 0. The second-order valence-corrected chi connectivity index (χ2v) is 11.8. The van der Waals surface area contributed by atoms with Crippen molar-refractivity contribution in [2.24, 2.45) is 0 Å². The van der Waals surface area contributed by atoms with Gasteiger partial charge in [-0.15, -0.1) is 0 Å². The quantitative estimate of drug-likeness (QED) is 0.176. The van der Waals surface area contributed by atoms with Crippen molar-refractivity contribution in [3.05, 3.63) is 200 Å². The molecule has 8 rings (SSSR count). The van der Waals surface area contributed by atoms with Gasteiger partial charge < -0.3 is 4.90 Å². The highest BCUT2D eigenvalue weighted by molar-refractivity contribution is 5.95. The third-order valence-corrected chi connectivity index (χ3v) is 8.84. The molecule has 0 saturated heterocycles. The van der Waals surface area contributed by atoms with E-state index in [1.54, 1.807) is 0 Å². The highest BCUT2D eigenvalue weighted by atomic mass is 15.1. The van der Waals surface area contributed by atoms with E-state index >= 15 is 0 Å². The Bertz CT molecular complexity index is 2300. The Labute approximate surface area is 276 Å². The van der Waals surface area contributed by atoms with Crippen molar-refractivity contribution < 1.29 is 0 Å². The Morgan fingerprint density at radius 2 is 0.745 bits per heavy atom. The first-order valence-electron chi connectivity index (χ1n) is 16.1. The van der Waals surface area contributed by atoms with Gasteiger partial charge >= 0.3 is 0 Å². The molecule has 0 heterocycles. The molecule has 1 heteroatoms. The molecule has 0 saturated carbocycles. The average Bonchev–Trinajstić information content (AvgIpc) is 3.16. The van der Waals surface area contributed by atoms with Crippen molar-refractivity contribution in [1.29, 1.82) is 0 Å². The first-order valence-corrected chi connectivity index (χ1v) is 16.1. The third-order valence-electron chi connectivity index (χ3n) is 8.84. The van der Waals surface area contributed by atoms with E-state index in [9.17, 15) is 0 Å². The van der Waals surface area contributed by atoms with E-state index in [-0.39, 0.29) is 0 Å². The van der Waals surface area contributed by atoms with Crippen LogP contribution in [0.25, 0.3) is 55.3 Å². The molecular weight excluding hydrogens is 567 g/mol. The van der Waals surface area contributed by atoms with Crippen molar-refractivity contribution in [3.63, 3.8) is 0 Å². The van der Waals surface area contributed by atoms with Crippen LogP contribution in [0.3, 0.4) is 0 Å². The molecule has 1 nitrogen and oxygen atoms in total. The van der Waals surface area contributed by atoms with Crippen LogP contribution in [-0.2, 0) is 0 Å². The number of fused-ring (bicyclic) bond motifs is 1. The molecule has 0 bridgehead atoms. The van der Waals surface area contributed by atoms with E-state index in [4.69, 9.17) is 0 Å². The molecular formula is C46H33N. The van der Waals surface area contributed by atoms with Gasteiger partial charge in [-0.1, -0.05) is 164 Å². The predicted molar refractivity (Wildman–Crippen MR) is 200 cm³/mol. The molecule has 0 aliphatic carbocycles. The minimum atomic E-state index is 1.10. The van der Waals surface area contributed by atoms with Crippen molar-refractivity contribution >= 4 is 27.8 Å². The van der Waals surface area contributed by atoms with Gasteiger partial charge in [-0.3, -0.25) is 0 Å². The van der Waals surface area contributed by atoms with Crippen LogP contribution in [0.15, 0.2) is 200 Å². The summed E-state index contributed by atoms with van der Waals surface area (Å²) in [5.41, 5.74) is 12.8. The molecule has 0 aliphatic rings. The molecule has 222 valence electrons. The van der Waals surface area contributed by atoms with Gasteiger partial charge in [0.1, 0.15) is 0 Å². The minimum Gasteiger partial charge on any atom is -0.309 e. The lowest BCUT2D eigenvalue weighted by atomic mass is 9.96. The lowest BCUT2D eigenvalue weighted by Gasteiger charge is -2.30. The van der Waals surface area contributed by atoms with E-state index in [1.807, 2.05) is 0 Å². The fourth-order valence-electron chi connectivity index (χ4n) is 6.54. The van der Waals surface area contributed by atoms with Crippen molar-refractivity contribution in [1.82, 2.24) is 0 Å². The van der Waals surface area contributed by atoms with Crippen LogP contribution in [0.4, 0.5) is 17.1 Å². The zero-order valence-corrected chi connectivity index (χ0v) is 26.0. The van der Waals surface area contributed by atoms with Crippen LogP contribution in [-0.4, -0.2) is 0 Å². The van der Waals surface area contributed by atoms with E-state index in [0.29, 0.717) is 0 Å². The second kappa shape index (κ2) is 12.7. The van der Waals surface area contributed by atoms with Gasteiger partial charge in [0.2, 0.25) is 0 Å². The summed E-state index contributed by atoms with van der Waals surface area (Å²) in [7, 11) is 0. The summed E-state index contributed by atoms with van der Waals surface area (Å²) >= 11 is 0. The summed E-state index contributed by atoms with van der Waals surface area (Å²) in [4.78, 5) is 2.43. The number of para-hydroxylation sites is 2. The third kappa shape index (κ3) is 5.72. The number of benzene rings is 8. The summed E-state index contributed by atoms with van der Waals surface area (Å²) in [6.07, 6.45) is 0. The Kier molecular flexibility index (Phi) is 7.63.